The van der Waals surface area contributed by atoms with Crippen molar-refractivity contribution in [2.45, 2.75) is 66.0 Å². The number of amides is 2. The average Bonchev–Trinajstić information content (AvgIpc) is 2.77. The third-order valence-electron chi connectivity index (χ3n) is 5.49. The first-order valence-electron chi connectivity index (χ1n) is 11.3. The van der Waals surface area contributed by atoms with Crippen LogP contribution in [0.2, 0.25) is 10.0 Å². The van der Waals surface area contributed by atoms with E-state index in [-0.39, 0.29) is 18.4 Å². The predicted molar refractivity (Wildman–Crippen MR) is 133 cm³/mol. The lowest BCUT2D eigenvalue weighted by molar-refractivity contribution is -0.141. The van der Waals surface area contributed by atoms with Crippen LogP contribution in [0.1, 0.15) is 57.2 Å². The fourth-order valence-corrected chi connectivity index (χ4v) is 3.98. The Morgan fingerprint density at radius 3 is 2.22 bits per heavy atom. The van der Waals surface area contributed by atoms with Gasteiger partial charge in [0.15, 0.2) is 0 Å². The molecule has 0 fully saturated rings. The van der Waals surface area contributed by atoms with Gasteiger partial charge in [-0.3, -0.25) is 9.59 Å². The number of rotatable bonds is 11. The van der Waals surface area contributed by atoms with Gasteiger partial charge < -0.3 is 10.2 Å². The molecule has 1 atom stereocenters. The van der Waals surface area contributed by atoms with Crippen LogP contribution in [-0.4, -0.2) is 29.3 Å². The van der Waals surface area contributed by atoms with Gasteiger partial charge in [-0.2, -0.15) is 0 Å². The number of hydrogen-bond acceptors (Lipinski definition) is 2. The van der Waals surface area contributed by atoms with E-state index in [9.17, 15) is 9.59 Å². The quantitative estimate of drug-likeness (QED) is 0.427. The number of hydrogen-bond donors (Lipinski definition) is 1. The predicted octanol–water partition coefficient (Wildman–Crippen LogP) is 6.07. The summed E-state index contributed by atoms with van der Waals surface area (Å²) in [6.07, 6.45) is 2.45. The normalized spacial score (nSPS) is 12.0. The highest BCUT2D eigenvalue weighted by Gasteiger charge is 2.29. The minimum Gasteiger partial charge on any atom is -0.354 e. The van der Waals surface area contributed by atoms with Crippen molar-refractivity contribution in [2.75, 3.05) is 6.54 Å². The van der Waals surface area contributed by atoms with Gasteiger partial charge in [0.25, 0.3) is 0 Å². The van der Waals surface area contributed by atoms with Gasteiger partial charge in [0.1, 0.15) is 6.04 Å². The second-order valence-electron chi connectivity index (χ2n) is 8.49. The maximum absolute atomic E-state index is 13.3. The van der Waals surface area contributed by atoms with Crippen molar-refractivity contribution in [2.24, 2.45) is 5.92 Å². The molecule has 174 valence electrons. The monoisotopic (exact) mass is 476 g/mol. The van der Waals surface area contributed by atoms with Crippen LogP contribution in [0.15, 0.2) is 42.5 Å². The van der Waals surface area contributed by atoms with Crippen LogP contribution < -0.4 is 5.32 Å². The summed E-state index contributed by atoms with van der Waals surface area (Å²) in [5.41, 5.74) is 3.15. The Hall–Kier alpha value is -2.04. The van der Waals surface area contributed by atoms with Crippen molar-refractivity contribution in [3.8, 4) is 0 Å². The van der Waals surface area contributed by atoms with E-state index in [2.05, 4.69) is 36.5 Å². The van der Waals surface area contributed by atoms with Gasteiger partial charge in [-0.05, 0) is 54.0 Å². The number of nitrogens with zero attached hydrogens (tertiary/aromatic N) is 1. The van der Waals surface area contributed by atoms with Crippen molar-refractivity contribution in [3.63, 3.8) is 0 Å². The van der Waals surface area contributed by atoms with Crippen LogP contribution >= 0.6 is 23.2 Å². The van der Waals surface area contributed by atoms with E-state index in [1.807, 2.05) is 26.8 Å². The fourth-order valence-electron chi connectivity index (χ4n) is 3.51. The SMILES string of the molecule is CCc1ccc(CCC(=O)N(Cc2ccc(Cl)cc2Cl)[C@H](CC)C(=O)NCC(C)C)cc1. The maximum Gasteiger partial charge on any atom is 0.242 e. The third kappa shape index (κ3) is 7.83. The Labute approximate surface area is 202 Å². The number of nitrogens with one attached hydrogen (secondary N) is 1. The smallest absolute Gasteiger partial charge is 0.242 e. The summed E-state index contributed by atoms with van der Waals surface area (Å²) in [5, 5.41) is 4.00. The molecule has 0 heterocycles. The van der Waals surface area contributed by atoms with Gasteiger partial charge in [0.2, 0.25) is 11.8 Å². The molecule has 0 saturated carbocycles. The van der Waals surface area contributed by atoms with Crippen LogP contribution in [0.4, 0.5) is 0 Å². The zero-order valence-corrected chi connectivity index (χ0v) is 21.0. The van der Waals surface area contributed by atoms with Gasteiger partial charge in [-0.15, -0.1) is 0 Å². The molecule has 0 spiro atoms. The lowest BCUT2D eigenvalue weighted by Crippen LogP contribution is -2.49. The molecule has 4 nitrogen and oxygen atoms in total. The summed E-state index contributed by atoms with van der Waals surface area (Å²) in [4.78, 5) is 27.9. The largest absolute Gasteiger partial charge is 0.354 e. The molecule has 0 aromatic heterocycles. The minimum absolute atomic E-state index is 0.0675. The molecular weight excluding hydrogens is 443 g/mol. The molecular formula is C26H34Cl2N2O2. The van der Waals surface area contributed by atoms with Gasteiger partial charge in [-0.1, -0.05) is 81.2 Å². The molecule has 0 bridgehead atoms. The summed E-state index contributed by atoms with van der Waals surface area (Å²) in [5.74, 6) is 0.131. The molecule has 0 aliphatic carbocycles. The summed E-state index contributed by atoms with van der Waals surface area (Å²) >= 11 is 12.4. The zero-order chi connectivity index (χ0) is 23.7. The molecule has 1 N–H and O–H groups in total. The first kappa shape index (κ1) is 26.2. The number of halogens is 2. The third-order valence-corrected chi connectivity index (χ3v) is 6.07. The second-order valence-corrected chi connectivity index (χ2v) is 9.33. The Balaban J connectivity index is 2.21. The molecule has 0 unspecified atom stereocenters. The highest BCUT2D eigenvalue weighted by Crippen LogP contribution is 2.24. The van der Waals surface area contributed by atoms with E-state index in [0.29, 0.717) is 41.8 Å². The van der Waals surface area contributed by atoms with Crippen molar-refractivity contribution >= 4 is 35.0 Å². The molecule has 0 aliphatic heterocycles. The minimum atomic E-state index is -0.560. The second kappa shape index (κ2) is 12.9. The molecule has 0 aliphatic rings. The highest BCUT2D eigenvalue weighted by atomic mass is 35.5. The fraction of sp³-hybridized carbons (Fsp3) is 0.462. The average molecular weight is 477 g/mol. The van der Waals surface area contributed by atoms with Crippen molar-refractivity contribution in [3.05, 3.63) is 69.2 Å². The molecule has 0 saturated heterocycles. The lowest BCUT2D eigenvalue weighted by atomic mass is 10.0. The number of carbonyl (C=O) groups is 2. The van der Waals surface area contributed by atoms with E-state index in [0.717, 1.165) is 17.5 Å². The van der Waals surface area contributed by atoms with Crippen LogP contribution in [0.3, 0.4) is 0 Å². The standard InChI is InChI=1S/C26H34Cl2N2O2/c1-5-19-7-9-20(10-8-19)11-14-25(31)30(17-21-12-13-22(27)15-23(21)28)24(6-2)26(32)29-16-18(3)4/h7-10,12-13,15,18,24H,5-6,11,14,16-17H2,1-4H3,(H,29,32)/t24-/m1/s1. The Bertz CT molecular complexity index is 897. The highest BCUT2D eigenvalue weighted by molar-refractivity contribution is 6.35. The van der Waals surface area contributed by atoms with E-state index in [4.69, 9.17) is 23.2 Å². The number of benzene rings is 2. The van der Waals surface area contributed by atoms with Gasteiger partial charge in [-0.25, -0.2) is 0 Å². The van der Waals surface area contributed by atoms with Crippen molar-refractivity contribution in [1.82, 2.24) is 10.2 Å². The van der Waals surface area contributed by atoms with Crippen LogP contribution in [0.25, 0.3) is 0 Å². The van der Waals surface area contributed by atoms with Crippen LogP contribution in [0.5, 0.6) is 0 Å². The van der Waals surface area contributed by atoms with Gasteiger partial charge >= 0.3 is 0 Å². The molecule has 2 aromatic rings. The van der Waals surface area contributed by atoms with Gasteiger partial charge in [0.05, 0.1) is 0 Å². The Kier molecular flexibility index (Phi) is 10.5. The molecule has 0 radical (unpaired) electrons. The Morgan fingerprint density at radius 2 is 1.66 bits per heavy atom. The van der Waals surface area contributed by atoms with E-state index in [1.165, 1.54) is 5.56 Å². The van der Waals surface area contributed by atoms with E-state index in [1.54, 1.807) is 17.0 Å². The summed E-state index contributed by atoms with van der Waals surface area (Å²) in [6, 6.07) is 13.0. The van der Waals surface area contributed by atoms with Gasteiger partial charge in [0, 0.05) is 29.6 Å². The first-order valence-corrected chi connectivity index (χ1v) is 12.1. The van der Waals surface area contributed by atoms with Crippen LogP contribution in [-0.2, 0) is 29.0 Å². The topological polar surface area (TPSA) is 49.4 Å². The van der Waals surface area contributed by atoms with E-state index >= 15 is 0 Å². The lowest BCUT2D eigenvalue weighted by Gasteiger charge is -2.31. The van der Waals surface area contributed by atoms with Crippen molar-refractivity contribution in [1.29, 1.82) is 0 Å². The first-order chi connectivity index (χ1) is 15.2. The summed E-state index contributed by atoms with van der Waals surface area (Å²) in [7, 11) is 0. The molecule has 6 heteroatoms. The van der Waals surface area contributed by atoms with E-state index < -0.39 is 6.04 Å². The number of carbonyl (C=O) groups excluding carboxylic acids is 2. The molecule has 2 aromatic carbocycles. The number of aryl methyl sites for hydroxylation is 2. The maximum atomic E-state index is 13.3. The summed E-state index contributed by atoms with van der Waals surface area (Å²) < 4.78 is 0. The molecule has 2 rings (SSSR count). The molecule has 2 amide bonds. The molecule has 32 heavy (non-hydrogen) atoms. The van der Waals surface area contributed by atoms with Crippen LogP contribution in [0, 0.1) is 5.92 Å². The summed E-state index contributed by atoms with van der Waals surface area (Å²) in [6.45, 7) is 8.96. The zero-order valence-electron chi connectivity index (χ0n) is 19.5. The van der Waals surface area contributed by atoms with Crippen molar-refractivity contribution < 1.29 is 9.59 Å². The Morgan fingerprint density at radius 1 is 1.00 bits per heavy atom.